The van der Waals surface area contributed by atoms with Crippen molar-refractivity contribution in [3.63, 3.8) is 0 Å². The second-order valence-electron chi connectivity index (χ2n) is 5.32. The topological polar surface area (TPSA) is 0 Å². The molecule has 0 aliphatic carbocycles. The van der Waals surface area contributed by atoms with Gasteiger partial charge in [-0.1, -0.05) is 26.0 Å². The van der Waals surface area contributed by atoms with Gasteiger partial charge in [0.25, 0.3) is 0 Å². The number of benzene rings is 2. The number of fused-ring (bicyclic) bond motifs is 2. The smallest absolute Gasteiger partial charge is 1.00 e. The number of halogens is 1. The molecule has 2 heteroatoms. The van der Waals surface area contributed by atoms with Crippen LogP contribution in [0.1, 0.15) is 11.1 Å². The summed E-state index contributed by atoms with van der Waals surface area (Å²) in [7, 11) is 0. The molecule has 0 aromatic heterocycles. The minimum absolute atomic E-state index is 0. The second-order valence-corrected chi connectivity index (χ2v) is 5.32. The van der Waals surface area contributed by atoms with Gasteiger partial charge in [-0.15, -0.1) is 81.2 Å². The first-order chi connectivity index (χ1) is 9.72. The predicted octanol–water partition coefficient (Wildman–Crippen LogP) is 2.74. The Hall–Kier alpha value is -1.47. The van der Waals surface area contributed by atoms with E-state index in [2.05, 4.69) is 86.6 Å². The van der Waals surface area contributed by atoms with Crippen molar-refractivity contribution in [2.45, 2.75) is 13.8 Å². The van der Waals surface area contributed by atoms with E-state index in [0.717, 1.165) is 0 Å². The summed E-state index contributed by atoms with van der Waals surface area (Å²) in [6.45, 7) is 4.25. The van der Waals surface area contributed by atoms with Gasteiger partial charge in [-0.05, 0) is 0 Å². The second kappa shape index (κ2) is 8.24. The molecule has 22 heavy (non-hydrogen) atoms. The van der Waals surface area contributed by atoms with Crippen LogP contribution in [0.5, 0.6) is 0 Å². The Morgan fingerprint density at radius 1 is 0.636 bits per heavy atom. The first-order valence-corrected chi connectivity index (χ1v) is 6.96. The molecule has 0 aliphatic rings. The fraction of sp³-hybridized carbons (Fsp3) is 0.100. The van der Waals surface area contributed by atoms with E-state index in [4.69, 9.17) is 0 Å². The van der Waals surface area contributed by atoms with Crippen molar-refractivity contribution in [1.29, 1.82) is 0 Å². The van der Waals surface area contributed by atoms with E-state index in [9.17, 15) is 0 Å². The molecular formula is C20H18ClV-. The number of hydrogen-bond donors (Lipinski definition) is 0. The van der Waals surface area contributed by atoms with Crippen LogP contribution in [0.3, 0.4) is 0 Å². The van der Waals surface area contributed by atoms with Crippen LogP contribution in [0.4, 0.5) is 0 Å². The molecule has 4 aromatic rings. The van der Waals surface area contributed by atoms with Gasteiger partial charge in [-0.3, -0.25) is 0 Å². The number of rotatable bonds is 0. The van der Waals surface area contributed by atoms with Gasteiger partial charge >= 0.3 is 18.6 Å². The largest absolute Gasteiger partial charge is 2.00 e. The molecule has 0 fully saturated rings. The third-order valence-corrected chi connectivity index (χ3v) is 3.52. The monoisotopic (exact) mass is 344 g/mol. The van der Waals surface area contributed by atoms with Crippen LogP contribution >= 0.6 is 0 Å². The van der Waals surface area contributed by atoms with Crippen molar-refractivity contribution in [3.05, 3.63) is 83.9 Å². The zero-order chi connectivity index (χ0) is 13.9. The van der Waals surface area contributed by atoms with Gasteiger partial charge in [-0.2, -0.15) is 12.1 Å². The average Bonchev–Trinajstić information content (AvgIpc) is 2.99. The maximum absolute atomic E-state index is 2.20. The molecule has 1 radical (unpaired) electrons. The normalized spacial score (nSPS) is 9.55. The van der Waals surface area contributed by atoms with Crippen LogP contribution in [0.25, 0.3) is 21.5 Å². The van der Waals surface area contributed by atoms with Gasteiger partial charge in [-0.25, -0.2) is 0 Å². The zero-order valence-electron chi connectivity index (χ0n) is 12.8. The van der Waals surface area contributed by atoms with E-state index in [1.165, 1.54) is 32.7 Å². The van der Waals surface area contributed by atoms with Gasteiger partial charge in [0.05, 0.1) is 0 Å². The molecule has 0 unspecified atom stereocenters. The van der Waals surface area contributed by atoms with Crippen LogP contribution in [0.15, 0.2) is 72.8 Å². The molecule has 0 nitrogen and oxygen atoms in total. The molecule has 0 saturated carbocycles. The first kappa shape index (κ1) is 18.6. The average molecular weight is 345 g/mol. The van der Waals surface area contributed by atoms with E-state index in [1.807, 2.05) is 0 Å². The third kappa shape index (κ3) is 4.27. The van der Waals surface area contributed by atoms with Gasteiger partial charge in [0.2, 0.25) is 0 Å². The van der Waals surface area contributed by atoms with Crippen LogP contribution in [-0.2, 0) is 18.6 Å². The van der Waals surface area contributed by atoms with E-state index < -0.39 is 0 Å². The molecule has 4 aromatic carbocycles. The number of hydrogen-bond acceptors (Lipinski definition) is 0. The van der Waals surface area contributed by atoms with Crippen LogP contribution in [0, 0.1) is 13.8 Å². The summed E-state index contributed by atoms with van der Waals surface area (Å²) in [6, 6.07) is 25.7. The van der Waals surface area contributed by atoms with Gasteiger partial charge < -0.3 is 12.4 Å². The summed E-state index contributed by atoms with van der Waals surface area (Å²) >= 11 is 0. The van der Waals surface area contributed by atoms with Gasteiger partial charge in [0.15, 0.2) is 0 Å². The molecule has 0 atom stereocenters. The molecule has 111 valence electrons. The fourth-order valence-corrected chi connectivity index (χ4v) is 2.61. The molecule has 4 rings (SSSR count). The minimum Gasteiger partial charge on any atom is -1.00 e. The summed E-state index contributed by atoms with van der Waals surface area (Å²) in [5.74, 6) is 0. The molecule has 0 aliphatic heterocycles. The fourth-order valence-electron chi connectivity index (χ4n) is 2.61. The predicted molar refractivity (Wildman–Crippen MR) is 88.6 cm³/mol. The van der Waals surface area contributed by atoms with Crippen molar-refractivity contribution in [2.24, 2.45) is 0 Å². The van der Waals surface area contributed by atoms with E-state index in [0.29, 0.717) is 0 Å². The van der Waals surface area contributed by atoms with E-state index in [1.54, 1.807) is 0 Å². The summed E-state index contributed by atoms with van der Waals surface area (Å²) in [5, 5.41) is 5.39. The maximum atomic E-state index is 2.20. The Morgan fingerprint density at radius 3 is 1.36 bits per heavy atom. The SMILES string of the molecule is Cc1cc2ccccc2[cH-]1.Cc1cc2ccccc2[cH-]1.[Cl-].[V+2]. The van der Waals surface area contributed by atoms with Gasteiger partial charge in [0.1, 0.15) is 0 Å². The van der Waals surface area contributed by atoms with Crippen molar-refractivity contribution >= 4 is 21.5 Å². The Bertz CT molecular complexity index is 701. The molecule has 0 spiro atoms. The molecule has 0 N–H and O–H groups in total. The molecular weight excluding hydrogens is 327 g/mol. The zero-order valence-corrected chi connectivity index (χ0v) is 14.9. The molecule has 0 amide bonds. The van der Waals surface area contributed by atoms with Crippen molar-refractivity contribution < 1.29 is 31.0 Å². The molecule has 0 bridgehead atoms. The Morgan fingerprint density at radius 2 is 1.00 bits per heavy atom. The first-order valence-electron chi connectivity index (χ1n) is 6.96. The van der Waals surface area contributed by atoms with Crippen molar-refractivity contribution in [2.75, 3.05) is 0 Å². The number of aryl methyl sites for hydroxylation is 2. The van der Waals surface area contributed by atoms with Gasteiger partial charge in [0, 0.05) is 0 Å². The van der Waals surface area contributed by atoms with Crippen molar-refractivity contribution in [3.8, 4) is 0 Å². The molecule has 0 heterocycles. The quantitative estimate of drug-likeness (QED) is 0.430. The Balaban J connectivity index is 0.000000202. The standard InChI is InChI=1S/2C10H9.ClH.V/c2*1-8-6-9-4-2-3-5-10(9)7-8;;/h2*2-7H,1H3;1H;/q2*-1;;+2/p-1. The Kier molecular flexibility index (Phi) is 6.96. The van der Waals surface area contributed by atoms with E-state index >= 15 is 0 Å². The summed E-state index contributed by atoms with van der Waals surface area (Å²) in [6.07, 6.45) is 0. The van der Waals surface area contributed by atoms with Crippen LogP contribution in [-0.4, -0.2) is 0 Å². The minimum atomic E-state index is 0. The maximum Gasteiger partial charge on any atom is 2.00 e. The Labute approximate surface area is 150 Å². The van der Waals surface area contributed by atoms with Crippen LogP contribution in [0.2, 0.25) is 0 Å². The van der Waals surface area contributed by atoms with Crippen LogP contribution < -0.4 is 12.4 Å². The summed E-state index contributed by atoms with van der Waals surface area (Å²) in [4.78, 5) is 0. The summed E-state index contributed by atoms with van der Waals surface area (Å²) in [5.41, 5.74) is 2.70. The molecule has 0 saturated heterocycles. The van der Waals surface area contributed by atoms with E-state index in [-0.39, 0.29) is 31.0 Å². The third-order valence-electron chi connectivity index (χ3n) is 3.52. The van der Waals surface area contributed by atoms with Crippen molar-refractivity contribution in [1.82, 2.24) is 0 Å². The summed E-state index contributed by atoms with van der Waals surface area (Å²) < 4.78 is 0.